The second kappa shape index (κ2) is 4.21. The van der Waals surface area contributed by atoms with Gasteiger partial charge < -0.3 is 9.64 Å². The molecule has 1 saturated carbocycles. The number of esters is 1. The van der Waals surface area contributed by atoms with Crippen LogP contribution in [0.1, 0.15) is 25.7 Å². The molecule has 2 atom stereocenters. The fourth-order valence-corrected chi connectivity index (χ4v) is 2.40. The summed E-state index contributed by atoms with van der Waals surface area (Å²) in [7, 11) is 1.39. The first-order valence-corrected chi connectivity index (χ1v) is 5.60. The van der Waals surface area contributed by atoms with E-state index in [2.05, 4.69) is 4.74 Å². The number of amides is 1. The quantitative estimate of drug-likeness (QED) is 0.635. The zero-order chi connectivity index (χ0) is 10.8. The van der Waals surface area contributed by atoms with Gasteiger partial charge in [-0.3, -0.25) is 9.59 Å². The number of hydrogen-bond donors (Lipinski definition) is 0. The number of methoxy groups -OCH3 is 1. The first-order valence-electron chi connectivity index (χ1n) is 5.60. The lowest BCUT2D eigenvalue weighted by Crippen LogP contribution is -2.45. The Bertz CT molecular complexity index is 271. The van der Waals surface area contributed by atoms with Crippen LogP contribution in [0, 0.1) is 11.8 Å². The lowest BCUT2D eigenvalue weighted by atomic mass is 9.73. The van der Waals surface area contributed by atoms with Crippen molar-refractivity contribution in [2.75, 3.05) is 20.2 Å². The highest BCUT2D eigenvalue weighted by Crippen LogP contribution is 2.37. The highest BCUT2D eigenvalue weighted by molar-refractivity contribution is 5.87. The zero-order valence-electron chi connectivity index (χ0n) is 9.07. The average Bonchev–Trinajstić information content (AvgIpc) is 2.68. The molecule has 4 heteroatoms. The minimum absolute atomic E-state index is 0.101. The summed E-state index contributed by atoms with van der Waals surface area (Å²) in [5, 5.41) is 0. The van der Waals surface area contributed by atoms with Gasteiger partial charge in [0.15, 0.2) is 0 Å². The number of carbonyl (C=O) groups is 2. The summed E-state index contributed by atoms with van der Waals surface area (Å²) in [6.45, 7) is 1.73. The number of rotatable bonds is 2. The zero-order valence-corrected chi connectivity index (χ0v) is 9.07. The molecule has 1 aliphatic heterocycles. The molecule has 0 unspecified atom stereocenters. The molecular formula is C11H17NO3. The molecule has 2 fully saturated rings. The van der Waals surface area contributed by atoms with Crippen LogP contribution >= 0.6 is 0 Å². The molecule has 1 aliphatic carbocycles. The molecule has 0 aromatic heterocycles. The van der Waals surface area contributed by atoms with Crippen molar-refractivity contribution < 1.29 is 14.3 Å². The van der Waals surface area contributed by atoms with Gasteiger partial charge in [-0.2, -0.15) is 0 Å². The molecule has 1 saturated heterocycles. The minimum Gasteiger partial charge on any atom is -0.469 e. The van der Waals surface area contributed by atoms with Gasteiger partial charge in [0.1, 0.15) is 0 Å². The Morgan fingerprint density at radius 2 is 1.73 bits per heavy atom. The first kappa shape index (κ1) is 10.5. The monoisotopic (exact) mass is 211 g/mol. The van der Waals surface area contributed by atoms with Gasteiger partial charge in [-0.05, 0) is 25.7 Å². The van der Waals surface area contributed by atoms with Crippen LogP contribution in [0.4, 0.5) is 0 Å². The van der Waals surface area contributed by atoms with Crippen LogP contribution < -0.4 is 0 Å². The van der Waals surface area contributed by atoms with E-state index in [1.807, 2.05) is 4.90 Å². The fraction of sp³-hybridized carbons (Fsp3) is 0.818. The molecule has 84 valence electrons. The molecule has 0 N–H and O–H groups in total. The van der Waals surface area contributed by atoms with E-state index < -0.39 is 0 Å². The largest absolute Gasteiger partial charge is 0.469 e. The Morgan fingerprint density at radius 1 is 1.13 bits per heavy atom. The lowest BCUT2D eigenvalue weighted by molar-refractivity contribution is -0.158. The molecule has 0 aromatic rings. The number of carbonyl (C=O) groups excluding carboxylic acids is 2. The van der Waals surface area contributed by atoms with Gasteiger partial charge in [0, 0.05) is 13.1 Å². The molecule has 15 heavy (non-hydrogen) atoms. The van der Waals surface area contributed by atoms with Gasteiger partial charge in [-0.15, -0.1) is 0 Å². The standard InChI is InChI=1S/C11H17NO3/c1-15-11(14)9-5-4-8(9)10(13)12-6-2-3-7-12/h8-9H,2-7H2,1H3/t8-,9+/m0/s1. The van der Waals surface area contributed by atoms with Gasteiger partial charge in [0.2, 0.25) is 5.91 Å². The Hall–Kier alpha value is -1.06. The molecule has 0 spiro atoms. The van der Waals surface area contributed by atoms with Crippen molar-refractivity contribution in [2.24, 2.45) is 11.8 Å². The molecule has 0 radical (unpaired) electrons. The van der Waals surface area contributed by atoms with E-state index in [1.54, 1.807) is 0 Å². The smallest absolute Gasteiger partial charge is 0.309 e. The molecule has 0 aromatic carbocycles. The Morgan fingerprint density at radius 3 is 2.20 bits per heavy atom. The first-order chi connectivity index (χ1) is 7.24. The van der Waals surface area contributed by atoms with E-state index >= 15 is 0 Å². The van der Waals surface area contributed by atoms with Crippen molar-refractivity contribution in [1.82, 2.24) is 4.90 Å². The van der Waals surface area contributed by atoms with Gasteiger partial charge in [0.05, 0.1) is 18.9 Å². The van der Waals surface area contributed by atoms with Crippen molar-refractivity contribution in [3.63, 3.8) is 0 Å². The lowest BCUT2D eigenvalue weighted by Gasteiger charge is -2.35. The molecule has 1 heterocycles. The summed E-state index contributed by atoms with van der Waals surface area (Å²) in [6, 6.07) is 0. The minimum atomic E-state index is -0.223. The van der Waals surface area contributed by atoms with Crippen LogP contribution in [-0.2, 0) is 14.3 Å². The van der Waals surface area contributed by atoms with Crippen molar-refractivity contribution >= 4 is 11.9 Å². The molecule has 2 aliphatic rings. The SMILES string of the molecule is COC(=O)[C@@H]1CC[C@@H]1C(=O)N1CCCC1. The summed E-state index contributed by atoms with van der Waals surface area (Å²) in [4.78, 5) is 25.2. The van der Waals surface area contributed by atoms with Crippen LogP contribution in [-0.4, -0.2) is 37.0 Å². The third-order valence-corrected chi connectivity index (χ3v) is 3.51. The van der Waals surface area contributed by atoms with Crippen molar-refractivity contribution in [2.45, 2.75) is 25.7 Å². The Labute approximate surface area is 89.6 Å². The highest BCUT2D eigenvalue weighted by Gasteiger charge is 2.43. The van der Waals surface area contributed by atoms with E-state index in [1.165, 1.54) is 7.11 Å². The maximum Gasteiger partial charge on any atom is 0.309 e. The second-order valence-electron chi connectivity index (χ2n) is 4.35. The van der Waals surface area contributed by atoms with E-state index in [0.717, 1.165) is 38.8 Å². The maximum atomic E-state index is 12.0. The topological polar surface area (TPSA) is 46.6 Å². The van der Waals surface area contributed by atoms with Gasteiger partial charge in [-0.1, -0.05) is 0 Å². The molecule has 2 rings (SSSR count). The van der Waals surface area contributed by atoms with Crippen LogP contribution in [0.25, 0.3) is 0 Å². The Kier molecular flexibility index (Phi) is 2.93. The summed E-state index contributed by atoms with van der Waals surface area (Å²) in [5.74, 6) is -0.341. The molecular weight excluding hydrogens is 194 g/mol. The number of hydrogen-bond acceptors (Lipinski definition) is 3. The predicted octanol–water partition coefficient (Wildman–Crippen LogP) is 0.808. The normalized spacial score (nSPS) is 29.8. The van der Waals surface area contributed by atoms with Gasteiger partial charge in [0.25, 0.3) is 0 Å². The molecule has 1 amide bonds. The fourth-order valence-electron chi connectivity index (χ4n) is 2.40. The number of ether oxygens (including phenoxy) is 1. The van der Waals surface area contributed by atoms with Crippen molar-refractivity contribution in [3.05, 3.63) is 0 Å². The predicted molar refractivity (Wildman–Crippen MR) is 54.0 cm³/mol. The second-order valence-corrected chi connectivity index (χ2v) is 4.35. The average molecular weight is 211 g/mol. The van der Waals surface area contributed by atoms with Crippen LogP contribution in [0.3, 0.4) is 0 Å². The number of nitrogens with zero attached hydrogens (tertiary/aromatic N) is 1. The number of likely N-dealkylation sites (tertiary alicyclic amines) is 1. The van der Waals surface area contributed by atoms with E-state index in [-0.39, 0.29) is 23.7 Å². The van der Waals surface area contributed by atoms with Gasteiger partial charge >= 0.3 is 5.97 Å². The van der Waals surface area contributed by atoms with Crippen LogP contribution in [0.15, 0.2) is 0 Å². The highest BCUT2D eigenvalue weighted by atomic mass is 16.5. The van der Waals surface area contributed by atoms with Crippen LogP contribution in [0.5, 0.6) is 0 Å². The summed E-state index contributed by atoms with van der Waals surface area (Å²) in [5.41, 5.74) is 0. The maximum absolute atomic E-state index is 12.0. The van der Waals surface area contributed by atoms with Crippen LogP contribution in [0.2, 0.25) is 0 Å². The molecule has 0 bridgehead atoms. The van der Waals surface area contributed by atoms with E-state index in [0.29, 0.717) is 0 Å². The van der Waals surface area contributed by atoms with Gasteiger partial charge in [-0.25, -0.2) is 0 Å². The van der Waals surface area contributed by atoms with Crippen molar-refractivity contribution in [1.29, 1.82) is 0 Å². The Balaban J connectivity index is 1.93. The van der Waals surface area contributed by atoms with E-state index in [9.17, 15) is 9.59 Å². The van der Waals surface area contributed by atoms with E-state index in [4.69, 9.17) is 0 Å². The summed E-state index contributed by atoms with van der Waals surface area (Å²) >= 11 is 0. The molecule has 4 nitrogen and oxygen atoms in total. The third-order valence-electron chi connectivity index (χ3n) is 3.51. The summed E-state index contributed by atoms with van der Waals surface area (Å²) in [6.07, 6.45) is 3.84. The third kappa shape index (κ3) is 1.85. The summed E-state index contributed by atoms with van der Waals surface area (Å²) < 4.78 is 4.69. The van der Waals surface area contributed by atoms with Crippen molar-refractivity contribution in [3.8, 4) is 0 Å².